The number of benzene rings is 2. The molecule has 2 rings (SSSR count). The molecule has 0 heterocycles. The molecule has 0 aromatic heterocycles. The Morgan fingerprint density at radius 2 is 1.79 bits per heavy atom. The van der Waals surface area contributed by atoms with Gasteiger partial charge in [-0.25, -0.2) is 8.42 Å². The van der Waals surface area contributed by atoms with Gasteiger partial charge in [0.15, 0.2) is 0 Å². The van der Waals surface area contributed by atoms with Crippen molar-refractivity contribution in [2.75, 3.05) is 30.8 Å². The topological polar surface area (TPSA) is 75.7 Å². The predicted octanol–water partition coefficient (Wildman–Crippen LogP) is 2.84. The Balaban J connectivity index is 2.04. The van der Waals surface area contributed by atoms with Crippen LogP contribution in [-0.4, -0.2) is 40.8 Å². The Morgan fingerprint density at radius 1 is 1.14 bits per heavy atom. The van der Waals surface area contributed by atoms with Crippen molar-refractivity contribution in [2.45, 2.75) is 12.6 Å². The number of ether oxygens (including phenoxy) is 1. The number of halogens is 3. The van der Waals surface area contributed by atoms with Crippen molar-refractivity contribution in [2.24, 2.45) is 0 Å². The first-order chi connectivity index (χ1) is 13.5. The SMILES string of the molecule is COc1ccc(CCNC(=O)CN(c2cccc(C(F)(F)F)c2)S(C)(=O)=O)cc1. The van der Waals surface area contributed by atoms with Crippen LogP contribution in [0.1, 0.15) is 11.1 Å². The van der Waals surface area contributed by atoms with Gasteiger partial charge in [0.2, 0.25) is 15.9 Å². The highest BCUT2D eigenvalue weighted by Gasteiger charge is 2.31. The molecule has 1 amide bonds. The average Bonchev–Trinajstić information content (AvgIpc) is 2.65. The molecule has 2 aromatic carbocycles. The van der Waals surface area contributed by atoms with Gasteiger partial charge in [0.1, 0.15) is 12.3 Å². The van der Waals surface area contributed by atoms with Gasteiger partial charge in [-0.2, -0.15) is 13.2 Å². The highest BCUT2D eigenvalue weighted by molar-refractivity contribution is 7.92. The predicted molar refractivity (Wildman–Crippen MR) is 103 cm³/mol. The number of amides is 1. The number of carbonyl (C=O) groups is 1. The second-order valence-electron chi connectivity index (χ2n) is 6.27. The molecule has 0 aliphatic carbocycles. The molecule has 10 heteroatoms. The summed E-state index contributed by atoms with van der Waals surface area (Å²) in [5, 5.41) is 2.58. The summed E-state index contributed by atoms with van der Waals surface area (Å²) in [6.45, 7) is -0.381. The number of hydrogen-bond donors (Lipinski definition) is 1. The Labute approximate surface area is 167 Å². The van der Waals surface area contributed by atoms with Crippen molar-refractivity contribution >= 4 is 21.6 Å². The third-order valence-electron chi connectivity index (χ3n) is 4.04. The minimum Gasteiger partial charge on any atom is -0.497 e. The first kappa shape index (κ1) is 22.5. The molecular formula is C19H21F3N2O4S. The molecule has 0 radical (unpaired) electrons. The van der Waals surface area contributed by atoms with E-state index < -0.39 is 34.2 Å². The van der Waals surface area contributed by atoms with Crippen LogP contribution in [0.25, 0.3) is 0 Å². The molecule has 0 fully saturated rings. The van der Waals surface area contributed by atoms with Crippen LogP contribution >= 0.6 is 0 Å². The molecule has 29 heavy (non-hydrogen) atoms. The van der Waals surface area contributed by atoms with Crippen molar-refractivity contribution < 1.29 is 31.1 Å². The molecule has 6 nitrogen and oxygen atoms in total. The van der Waals surface area contributed by atoms with Crippen LogP contribution in [0.4, 0.5) is 18.9 Å². The molecule has 0 spiro atoms. The lowest BCUT2D eigenvalue weighted by molar-refractivity contribution is -0.137. The van der Waals surface area contributed by atoms with Gasteiger partial charge >= 0.3 is 6.18 Å². The normalized spacial score (nSPS) is 11.8. The van der Waals surface area contributed by atoms with Crippen LogP contribution in [0, 0.1) is 0 Å². The summed E-state index contributed by atoms with van der Waals surface area (Å²) >= 11 is 0. The van der Waals surface area contributed by atoms with Crippen LogP contribution in [0.5, 0.6) is 5.75 Å². The minimum atomic E-state index is -4.63. The summed E-state index contributed by atoms with van der Waals surface area (Å²) in [6, 6.07) is 11.0. The van der Waals surface area contributed by atoms with E-state index in [0.717, 1.165) is 24.0 Å². The number of hydrogen-bond acceptors (Lipinski definition) is 4. The molecule has 0 unspecified atom stereocenters. The maximum absolute atomic E-state index is 12.9. The van der Waals surface area contributed by atoms with Gasteiger partial charge in [-0.05, 0) is 42.3 Å². The highest BCUT2D eigenvalue weighted by atomic mass is 32.2. The van der Waals surface area contributed by atoms with Crippen LogP contribution in [-0.2, 0) is 27.4 Å². The maximum Gasteiger partial charge on any atom is 0.416 e. The van der Waals surface area contributed by atoms with E-state index in [1.54, 1.807) is 19.2 Å². The first-order valence-electron chi connectivity index (χ1n) is 8.55. The smallest absolute Gasteiger partial charge is 0.416 e. The van der Waals surface area contributed by atoms with Gasteiger partial charge < -0.3 is 10.1 Å². The standard InChI is InChI=1S/C19H21F3N2O4S/c1-28-17-8-6-14(7-9-17)10-11-23-18(25)13-24(29(2,26)27)16-5-3-4-15(12-16)19(20,21)22/h3-9,12H,10-11,13H2,1-2H3,(H,23,25). The van der Waals surface area contributed by atoms with Crippen molar-refractivity contribution in [1.29, 1.82) is 0 Å². The first-order valence-corrected chi connectivity index (χ1v) is 10.4. The number of rotatable bonds is 8. The molecule has 0 bridgehead atoms. The minimum absolute atomic E-state index is 0.229. The zero-order valence-corrected chi connectivity index (χ0v) is 16.7. The number of alkyl halides is 3. The van der Waals surface area contributed by atoms with E-state index in [0.29, 0.717) is 22.5 Å². The number of nitrogens with one attached hydrogen (secondary N) is 1. The third kappa shape index (κ3) is 6.67. The van der Waals surface area contributed by atoms with Crippen molar-refractivity contribution in [3.8, 4) is 5.75 Å². The van der Waals surface area contributed by atoms with Gasteiger partial charge in [-0.15, -0.1) is 0 Å². The van der Waals surface area contributed by atoms with Crippen molar-refractivity contribution in [1.82, 2.24) is 5.32 Å². The molecule has 0 saturated heterocycles. The van der Waals surface area contributed by atoms with Crippen LogP contribution in [0.2, 0.25) is 0 Å². The fraction of sp³-hybridized carbons (Fsp3) is 0.316. The second kappa shape index (κ2) is 9.17. The Morgan fingerprint density at radius 3 is 2.34 bits per heavy atom. The summed E-state index contributed by atoms with van der Waals surface area (Å²) in [7, 11) is -2.42. The van der Waals surface area contributed by atoms with Crippen LogP contribution < -0.4 is 14.4 Å². The van der Waals surface area contributed by atoms with E-state index in [1.165, 1.54) is 6.07 Å². The van der Waals surface area contributed by atoms with Crippen LogP contribution in [0.15, 0.2) is 48.5 Å². The number of sulfonamides is 1. The number of nitrogens with zero attached hydrogens (tertiary/aromatic N) is 1. The molecule has 0 aliphatic rings. The van der Waals surface area contributed by atoms with Gasteiger partial charge in [0.25, 0.3) is 0 Å². The van der Waals surface area contributed by atoms with E-state index in [9.17, 15) is 26.4 Å². The molecule has 1 N–H and O–H groups in total. The summed E-state index contributed by atoms with van der Waals surface area (Å²) < 4.78 is 68.5. The summed E-state index contributed by atoms with van der Waals surface area (Å²) in [5.74, 6) is 0.0732. The van der Waals surface area contributed by atoms with Gasteiger partial charge in [-0.1, -0.05) is 18.2 Å². The lowest BCUT2D eigenvalue weighted by Crippen LogP contribution is -2.41. The molecular weight excluding hydrogens is 409 g/mol. The average molecular weight is 430 g/mol. The monoisotopic (exact) mass is 430 g/mol. The quantitative estimate of drug-likeness (QED) is 0.699. The lowest BCUT2D eigenvalue weighted by atomic mass is 10.1. The molecule has 2 aromatic rings. The lowest BCUT2D eigenvalue weighted by Gasteiger charge is -2.22. The molecule has 0 saturated carbocycles. The van der Waals surface area contributed by atoms with Crippen LogP contribution in [0.3, 0.4) is 0 Å². The van der Waals surface area contributed by atoms with E-state index in [4.69, 9.17) is 4.74 Å². The van der Waals surface area contributed by atoms with E-state index >= 15 is 0 Å². The zero-order chi connectivity index (χ0) is 21.7. The van der Waals surface area contributed by atoms with E-state index in [1.807, 2.05) is 12.1 Å². The summed E-state index contributed by atoms with van der Waals surface area (Å²) in [6.07, 6.45) is -3.30. The van der Waals surface area contributed by atoms with E-state index in [-0.39, 0.29) is 12.2 Å². The third-order valence-corrected chi connectivity index (χ3v) is 5.18. The fourth-order valence-corrected chi connectivity index (χ4v) is 3.41. The zero-order valence-electron chi connectivity index (χ0n) is 15.9. The van der Waals surface area contributed by atoms with Gasteiger partial charge in [-0.3, -0.25) is 9.10 Å². The van der Waals surface area contributed by atoms with Crippen molar-refractivity contribution in [3.05, 3.63) is 59.7 Å². The number of anilines is 1. The maximum atomic E-state index is 12.9. The number of methoxy groups -OCH3 is 1. The Bertz CT molecular complexity index is 945. The fourth-order valence-electron chi connectivity index (χ4n) is 2.56. The van der Waals surface area contributed by atoms with Gasteiger partial charge in [0.05, 0.1) is 24.6 Å². The van der Waals surface area contributed by atoms with Gasteiger partial charge in [0, 0.05) is 6.54 Å². The highest BCUT2D eigenvalue weighted by Crippen LogP contribution is 2.32. The van der Waals surface area contributed by atoms with Crippen molar-refractivity contribution in [3.63, 3.8) is 0 Å². The molecule has 0 aliphatic heterocycles. The summed E-state index contributed by atoms with van der Waals surface area (Å²) in [4.78, 5) is 12.2. The second-order valence-corrected chi connectivity index (χ2v) is 8.17. The largest absolute Gasteiger partial charge is 0.497 e. The Kier molecular flexibility index (Phi) is 7.12. The molecule has 158 valence electrons. The molecule has 0 atom stereocenters. The van der Waals surface area contributed by atoms with E-state index in [2.05, 4.69) is 5.32 Å². The summed E-state index contributed by atoms with van der Waals surface area (Å²) in [5.41, 5.74) is -0.292. The Hall–Kier alpha value is -2.75. The number of carbonyl (C=O) groups excluding carboxylic acids is 1.